The molecule has 0 bridgehead atoms. The highest BCUT2D eigenvalue weighted by Gasteiger charge is 2.21. The Labute approximate surface area is 128 Å². The van der Waals surface area contributed by atoms with Gasteiger partial charge in [0.1, 0.15) is 9.88 Å². The molecule has 0 unspecified atom stereocenters. The van der Waals surface area contributed by atoms with Crippen LogP contribution in [-0.4, -0.2) is 23.6 Å². The van der Waals surface area contributed by atoms with Crippen molar-refractivity contribution in [2.24, 2.45) is 5.73 Å². The van der Waals surface area contributed by atoms with E-state index in [1.807, 2.05) is 0 Å². The number of aromatic amines is 1. The Morgan fingerprint density at radius 2 is 1.95 bits per heavy atom. The molecule has 0 fully saturated rings. The molecule has 0 saturated heterocycles. The van der Waals surface area contributed by atoms with Crippen LogP contribution in [-0.2, 0) is 16.6 Å². The van der Waals surface area contributed by atoms with Gasteiger partial charge in [0, 0.05) is 12.1 Å². The number of hydrogen-bond donors (Lipinski definition) is 3. The van der Waals surface area contributed by atoms with Gasteiger partial charge in [-0.05, 0) is 19.4 Å². The molecule has 1 aromatic carbocycles. The molecule has 0 radical (unpaired) electrons. The van der Waals surface area contributed by atoms with Crippen LogP contribution >= 0.6 is 12.2 Å². The Bertz CT molecular complexity index is 744. The van der Waals surface area contributed by atoms with Crippen LogP contribution in [0.25, 0.3) is 0 Å². The summed E-state index contributed by atoms with van der Waals surface area (Å²) in [6.07, 6.45) is 0. The van der Waals surface area contributed by atoms with Crippen molar-refractivity contribution < 1.29 is 8.42 Å². The third kappa shape index (κ3) is 3.46. The van der Waals surface area contributed by atoms with Crippen LogP contribution in [0.2, 0.25) is 0 Å². The van der Waals surface area contributed by atoms with E-state index in [-0.39, 0.29) is 11.4 Å². The lowest BCUT2D eigenvalue weighted by molar-refractivity contribution is 0.580. The highest BCUT2D eigenvalue weighted by atomic mass is 32.2. The highest BCUT2D eigenvalue weighted by Crippen LogP contribution is 2.16. The maximum Gasteiger partial charge on any atom is 0.244 e. The minimum absolute atomic E-state index is 0.185. The Morgan fingerprint density at radius 1 is 1.33 bits per heavy atom. The lowest BCUT2D eigenvalue weighted by Crippen LogP contribution is -2.24. The molecule has 8 heteroatoms. The highest BCUT2D eigenvalue weighted by molar-refractivity contribution is 7.89. The molecule has 4 N–H and O–H groups in total. The average Bonchev–Trinajstić information content (AvgIpc) is 2.77. The molecule has 2 aromatic rings. The van der Waals surface area contributed by atoms with Gasteiger partial charge >= 0.3 is 0 Å². The molecule has 1 aromatic heterocycles. The van der Waals surface area contributed by atoms with Gasteiger partial charge in [0.25, 0.3) is 0 Å². The lowest BCUT2D eigenvalue weighted by atomic mass is 10.1. The minimum atomic E-state index is -3.60. The number of nitrogens with two attached hydrogens (primary N) is 1. The third-order valence-corrected chi connectivity index (χ3v) is 4.93. The van der Waals surface area contributed by atoms with Crippen molar-refractivity contribution in [3.05, 3.63) is 46.8 Å². The van der Waals surface area contributed by atoms with E-state index in [2.05, 4.69) is 14.9 Å². The quantitative estimate of drug-likeness (QED) is 0.716. The van der Waals surface area contributed by atoms with Crippen molar-refractivity contribution in [1.82, 2.24) is 14.9 Å². The topological polar surface area (TPSA) is 101 Å². The summed E-state index contributed by atoms with van der Waals surface area (Å²) in [6, 6.07) is 7.10. The normalized spacial score (nSPS) is 11.5. The minimum Gasteiger partial charge on any atom is -0.389 e. The van der Waals surface area contributed by atoms with Crippen LogP contribution in [0.4, 0.5) is 0 Å². The molecular weight excluding hydrogens is 308 g/mol. The van der Waals surface area contributed by atoms with Gasteiger partial charge in [0.05, 0.1) is 11.4 Å². The van der Waals surface area contributed by atoms with Crippen molar-refractivity contribution in [1.29, 1.82) is 0 Å². The molecular formula is C13H16N4O2S2. The summed E-state index contributed by atoms with van der Waals surface area (Å²) in [5.74, 6) is 0. The van der Waals surface area contributed by atoms with E-state index in [9.17, 15) is 8.42 Å². The number of aromatic nitrogens is 2. The first-order valence-corrected chi connectivity index (χ1v) is 8.10. The number of aryl methyl sites for hydroxylation is 2. The van der Waals surface area contributed by atoms with Crippen molar-refractivity contribution in [2.75, 3.05) is 0 Å². The van der Waals surface area contributed by atoms with Crippen molar-refractivity contribution in [2.45, 2.75) is 25.3 Å². The molecule has 0 aliphatic heterocycles. The second-order valence-electron chi connectivity index (χ2n) is 4.65. The number of H-pyrrole nitrogens is 1. The number of benzene rings is 1. The van der Waals surface area contributed by atoms with Gasteiger partial charge in [-0.25, -0.2) is 13.1 Å². The van der Waals surface area contributed by atoms with Gasteiger partial charge in [0.15, 0.2) is 0 Å². The average molecular weight is 324 g/mol. The van der Waals surface area contributed by atoms with Gasteiger partial charge in [-0.2, -0.15) is 5.10 Å². The van der Waals surface area contributed by atoms with E-state index >= 15 is 0 Å². The van der Waals surface area contributed by atoms with Crippen LogP contribution in [0, 0.1) is 13.8 Å². The molecule has 0 atom stereocenters. The van der Waals surface area contributed by atoms with Gasteiger partial charge < -0.3 is 5.73 Å². The number of rotatable bonds is 5. The zero-order chi connectivity index (χ0) is 15.6. The predicted molar refractivity (Wildman–Crippen MR) is 84.4 cm³/mol. The van der Waals surface area contributed by atoms with Gasteiger partial charge in [-0.3, -0.25) is 5.10 Å². The summed E-state index contributed by atoms with van der Waals surface area (Å²) in [6.45, 7) is 3.50. The zero-order valence-electron chi connectivity index (χ0n) is 11.7. The van der Waals surface area contributed by atoms with E-state index in [1.165, 1.54) is 0 Å². The molecule has 0 amide bonds. The molecule has 2 rings (SSSR count). The first-order chi connectivity index (χ1) is 9.81. The fourth-order valence-corrected chi connectivity index (χ4v) is 3.49. The number of sulfonamides is 1. The molecule has 0 aliphatic rings. The first kappa shape index (κ1) is 15.6. The summed E-state index contributed by atoms with van der Waals surface area (Å²) in [7, 11) is -3.60. The molecule has 1 heterocycles. The largest absolute Gasteiger partial charge is 0.389 e. The molecule has 6 nitrogen and oxygen atoms in total. The Balaban J connectivity index is 2.14. The summed E-state index contributed by atoms with van der Waals surface area (Å²) < 4.78 is 27.1. The molecule has 112 valence electrons. The standard InChI is InChI=1S/C13H16N4O2S2/c1-8-12(9(2)17-16-8)21(18,19)15-7-10-3-5-11(6-4-10)13(14)20/h3-6,15H,7H2,1-2H3,(H2,14,20)(H,16,17). The van der Waals surface area contributed by atoms with Crippen LogP contribution in [0.3, 0.4) is 0 Å². The van der Waals surface area contributed by atoms with Crippen LogP contribution in [0.1, 0.15) is 22.5 Å². The summed E-state index contributed by atoms with van der Waals surface area (Å²) >= 11 is 4.87. The van der Waals surface area contributed by atoms with E-state index in [0.717, 1.165) is 11.1 Å². The van der Waals surface area contributed by atoms with E-state index in [1.54, 1.807) is 38.1 Å². The van der Waals surface area contributed by atoms with Crippen LogP contribution in [0.15, 0.2) is 29.2 Å². The summed E-state index contributed by atoms with van der Waals surface area (Å²) in [5, 5.41) is 6.56. The maximum absolute atomic E-state index is 12.3. The zero-order valence-corrected chi connectivity index (χ0v) is 13.3. The Hall–Kier alpha value is -1.77. The molecule has 0 spiro atoms. The van der Waals surface area contributed by atoms with E-state index in [0.29, 0.717) is 16.4 Å². The predicted octanol–water partition coefficient (Wildman–Crippen LogP) is 1.14. The Morgan fingerprint density at radius 3 is 2.43 bits per heavy atom. The fraction of sp³-hybridized carbons (Fsp3) is 0.231. The molecule has 21 heavy (non-hydrogen) atoms. The number of nitrogens with zero attached hydrogens (tertiary/aromatic N) is 1. The molecule has 0 aliphatic carbocycles. The van der Waals surface area contributed by atoms with Crippen LogP contribution < -0.4 is 10.5 Å². The van der Waals surface area contributed by atoms with Gasteiger partial charge in [-0.1, -0.05) is 36.5 Å². The first-order valence-electron chi connectivity index (χ1n) is 6.21. The number of hydrogen-bond acceptors (Lipinski definition) is 4. The third-order valence-electron chi connectivity index (χ3n) is 3.03. The number of nitrogens with one attached hydrogen (secondary N) is 2. The SMILES string of the molecule is Cc1n[nH]c(C)c1S(=O)(=O)NCc1ccc(C(N)=S)cc1. The fourth-order valence-electron chi connectivity index (χ4n) is 1.97. The van der Waals surface area contributed by atoms with Gasteiger partial charge in [0.2, 0.25) is 10.0 Å². The monoisotopic (exact) mass is 324 g/mol. The van der Waals surface area contributed by atoms with Crippen LogP contribution in [0.5, 0.6) is 0 Å². The van der Waals surface area contributed by atoms with E-state index < -0.39 is 10.0 Å². The number of thiocarbonyl (C=S) groups is 1. The van der Waals surface area contributed by atoms with Crippen molar-refractivity contribution in [3.63, 3.8) is 0 Å². The summed E-state index contributed by atoms with van der Waals surface area (Å²) in [4.78, 5) is 0.508. The van der Waals surface area contributed by atoms with Crippen molar-refractivity contribution >= 4 is 27.2 Å². The smallest absolute Gasteiger partial charge is 0.244 e. The van der Waals surface area contributed by atoms with Gasteiger partial charge in [-0.15, -0.1) is 0 Å². The lowest BCUT2D eigenvalue weighted by Gasteiger charge is -2.07. The maximum atomic E-state index is 12.3. The van der Waals surface area contributed by atoms with Crippen molar-refractivity contribution in [3.8, 4) is 0 Å². The Kier molecular flexibility index (Phi) is 4.40. The molecule has 0 saturated carbocycles. The second-order valence-corrected chi connectivity index (χ2v) is 6.79. The van der Waals surface area contributed by atoms with E-state index in [4.69, 9.17) is 18.0 Å². The second kappa shape index (κ2) is 5.92. The summed E-state index contributed by atoms with van der Waals surface area (Å²) in [5.41, 5.74) is 8.04.